The molecule has 2 fully saturated rings. The van der Waals surface area contributed by atoms with E-state index in [1.165, 1.54) is 6.42 Å². The Morgan fingerprint density at radius 1 is 1.23 bits per heavy atom. The van der Waals surface area contributed by atoms with E-state index in [2.05, 4.69) is 26.1 Å². The molecule has 2 aliphatic rings. The highest BCUT2D eigenvalue weighted by Gasteiger charge is 2.50. The molecule has 0 aromatic heterocycles. The molecule has 0 spiro atoms. The first-order valence-electron chi connectivity index (χ1n) is 7.70. The van der Waals surface area contributed by atoms with Gasteiger partial charge in [0, 0.05) is 18.3 Å². The number of halogens is 2. The molecule has 5 heteroatoms. The van der Waals surface area contributed by atoms with Crippen LogP contribution in [0.1, 0.15) is 40.0 Å². The van der Waals surface area contributed by atoms with Crippen LogP contribution >= 0.6 is 23.2 Å². The summed E-state index contributed by atoms with van der Waals surface area (Å²) in [5.74, 6) is 0. The average molecular weight is 341 g/mol. The maximum absolute atomic E-state index is 12.6. The average Bonchev–Trinajstić information content (AvgIpc) is 2.63. The number of benzene rings is 1. The predicted octanol–water partition coefficient (Wildman–Crippen LogP) is 5.43. The van der Waals surface area contributed by atoms with E-state index < -0.39 is 0 Å². The number of urea groups is 1. The van der Waals surface area contributed by atoms with Gasteiger partial charge in [-0.05, 0) is 48.3 Å². The van der Waals surface area contributed by atoms with Crippen molar-refractivity contribution in [2.75, 3.05) is 11.9 Å². The summed E-state index contributed by atoms with van der Waals surface area (Å²) in [5, 5.41) is 3.90. The van der Waals surface area contributed by atoms with Gasteiger partial charge in [0.1, 0.15) is 0 Å². The fourth-order valence-corrected chi connectivity index (χ4v) is 4.76. The lowest BCUT2D eigenvalue weighted by Gasteiger charge is -2.39. The number of nitrogens with zero attached hydrogens (tertiary/aromatic N) is 1. The number of anilines is 1. The van der Waals surface area contributed by atoms with Gasteiger partial charge in [-0.2, -0.15) is 0 Å². The van der Waals surface area contributed by atoms with Crippen LogP contribution < -0.4 is 5.32 Å². The number of carbonyl (C=O) groups is 1. The summed E-state index contributed by atoms with van der Waals surface area (Å²) in [6.45, 7) is 7.73. The van der Waals surface area contributed by atoms with Crippen molar-refractivity contribution >= 4 is 34.9 Å². The Bertz CT molecular complexity index is 617. The molecule has 0 radical (unpaired) electrons. The van der Waals surface area contributed by atoms with Crippen molar-refractivity contribution in [1.29, 1.82) is 0 Å². The van der Waals surface area contributed by atoms with Crippen LogP contribution in [0.4, 0.5) is 10.5 Å². The number of carbonyl (C=O) groups excluding carboxylic acids is 1. The topological polar surface area (TPSA) is 32.3 Å². The summed E-state index contributed by atoms with van der Waals surface area (Å²) in [5.41, 5.74) is 1.22. The third-order valence-corrected chi connectivity index (χ3v) is 5.59. The molecule has 1 saturated heterocycles. The van der Waals surface area contributed by atoms with Gasteiger partial charge in [0.05, 0.1) is 10.0 Å². The van der Waals surface area contributed by atoms with Gasteiger partial charge in [0.25, 0.3) is 0 Å². The molecule has 2 bridgehead atoms. The van der Waals surface area contributed by atoms with Crippen molar-refractivity contribution < 1.29 is 4.79 Å². The van der Waals surface area contributed by atoms with Gasteiger partial charge in [0.15, 0.2) is 0 Å². The fraction of sp³-hybridized carbons (Fsp3) is 0.588. The molecule has 1 N–H and O–H groups in total. The first-order valence-corrected chi connectivity index (χ1v) is 8.46. The molecule has 22 heavy (non-hydrogen) atoms. The summed E-state index contributed by atoms with van der Waals surface area (Å²) in [6, 6.07) is 5.46. The monoisotopic (exact) mass is 340 g/mol. The first kappa shape index (κ1) is 15.9. The van der Waals surface area contributed by atoms with Crippen molar-refractivity contribution in [3.63, 3.8) is 0 Å². The summed E-state index contributed by atoms with van der Waals surface area (Å²) in [7, 11) is 0. The minimum atomic E-state index is -0.0372. The normalized spacial score (nSPS) is 29.5. The van der Waals surface area contributed by atoms with Gasteiger partial charge in [-0.3, -0.25) is 0 Å². The zero-order valence-corrected chi connectivity index (χ0v) is 14.8. The minimum absolute atomic E-state index is 0.0372. The summed E-state index contributed by atoms with van der Waals surface area (Å²) in [4.78, 5) is 14.6. The van der Waals surface area contributed by atoms with E-state index in [4.69, 9.17) is 23.2 Å². The van der Waals surface area contributed by atoms with Crippen molar-refractivity contribution in [2.24, 2.45) is 10.8 Å². The molecule has 1 aromatic rings. The van der Waals surface area contributed by atoms with E-state index in [9.17, 15) is 4.79 Å². The van der Waals surface area contributed by atoms with Crippen LogP contribution in [0.15, 0.2) is 18.2 Å². The molecular formula is C17H22Cl2N2O. The van der Waals surface area contributed by atoms with Crippen LogP contribution in [0.3, 0.4) is 0 Å². The maximum atomic E-state index is 12.6. The SMILES string of the molecule is CC1(C)C[C@H]2C[C@@](C)(CN2C(=O)Nc2ccc(Cl)c(Cl)c2)C1. The Morgan fingerprint density at radius 3 is 2.64 bits per heavy atom. The Morgan fingerprint density at radius 2 is 1.95 bits per heavy atom. The Hall–Kier alpha value is -0.930. The lowest BCUT2D eigenvalue weighted by molar-refractivity contribution is 0.130. The van der Waals surface area contributed by atoms with E-state index in [0.717, 1.165) is 19.4 Å². The maximum Gasteiger partial charge on any atom is 0.322 e. The molecule has 120 valence electrons. The standard InChI is InChI=1S/C17H22Cl2N2O/c1-16(2)7-12-8-17(3,9-16)10-21(12)15(22)20-11-4-5-13(18)14(19)6-11/h4-6,12H,7-10H2,1-3H3,(H,20,22)/t12-,17+/m0/s1. The number of nitrogens with one attached hydrogen (secondary N) is 1. The molecular weight excluding hydrogens is 319 g/mol. The molecule has 2 amide bonds. The van der Waals surface area contributed by atoms with Crippen molar-refractivity contribution in [3.8, 4) is 0 Å². The van der Waals surface area contributed by atoms with Gasteiger partial charge >= 0.3 is 6.03 Å². The molecule has 3 nitrogen and oxygen atoms in total. The van der Waals surface area contributed by atoms with E-state index in [1.807, 2.05) is 4.90 Å². The summed E-state index contributed by atoms with van der Waals surface area (Å²) < 4.78 is 0. The number of hydrogen-bond acceptors (Lipinski definition) is 1. The largest absolute Gasteiger partial charge is 0.322 e. The van der Waals surface area contributed by atoms with Crippen LogP contribution in [0.25, 0.3) is 0 Å². The van der Waals surface area contributed by atoms with E-state index in [0.29, 0.717) is 27.2 Å². The molecule has 1 saturated carbocycles. The zero-order chi connectivity index (χ0) is 16.1. The molecule has 2 atom stereocenters. The van der Waals surface area contributed by atoms with Gasteiger partial charge < -0.3 is 10.2 Å². The van der Waals surface area contributed by atoms with E-state index in [-0.39, 0.29) is 11.4 Å². The van der Waals surface area contributed by atoms with Gasteiger partial charge in [-0.25, -0.2) is 4.79 Å². The Kier molecular flexibility index (Phi) is 3.85. The van der Waals surface area contributed by atoms with Crippen molar-refractivity contribution in [1.82, 2.24) is 4.90 Å². The van der Waals surface area contributed by atoms with Gasteiger partial charge in [-0.1, -0.05) is 44.0 Å². The second-order valence-electron chi connectivity index (χ2n) is 7.90. The number of fused-ring (bicyclic) bond motifs is 2. The number of rotatable bonds is 1. The number of likely N-dealkylation sites (tertiary alicyclic amines) is 1. The zero-order valence-electron chi connectivity index (χ0n) is 13.2. The lowest BCUT2D eigenvalue weighted by Crippen LogP contribution is -2.40. The van der Waals surface area contributed by atoms with Crippen LogP contribution in [-0.2, 0) is 0 Å². The predicted molar refractivity (Wildman–Crippen MR) is 91.7 cm³/mol. The summed E-state index contributed by atoms with van der Waals surface area (Å²) in [6.07, 6.45) is 3.34. The molecule has 0 unspecified atom stereocenters. The van der Waals surface area contributed by atoms with Crippen LogP contribution in [0.2, 0.25) is 10.0 Å². The molecule has 1 aromatic carbocycles. The number of amides is 2. The minimum Gasteiger partial charge on any atom is -0.321 e. The fourth-order valence-electron chi connectivity index (χ4n) is 4.47. The first-order chi connectivity index (χ1) is 10.2. The van der Waals surface area contributed by atoms with E-state index in [1.54, 1.807) is 18.2 Å². The van der Waals surface area contributed by atoms with E-state index >= 15 is 0 Å². The third-order valence-electron chi connectivity index (χ3n) is 4.85. The molecule has 1 aliphatic carbocycles. The second-order valence-corrected chi connectivity index (χ2v) is 8.72. The lowest BCUT2D eigenvalue weighted by atomic mass is 9.65. The highest BCUT2D eigenvalue weighted by Crippen LogP contribution is 2.52. The van der Waals surface area contributed by atoms with Crippen molar-refractivity contribution in [2.45, 2.75) is 46.1 Å². The smallest absolute Gasteiger partial charge is 0.321 e. The van der Waals surface area contributed by atoms with Crippen LogP contribution in [0.5, 0.6) is 0 Å². The van der Waals surface area contributed by atoms with Crippen molar-refractivity contribution in [3.05, 3.63) is 28.2 Å². The quantitative estimate of drug-likeness (QED) is 0.726. The second kappa shape index (κ2) is 5.31. The number of hydrogen-bond donors (Lipinski definition) is 1. The summed E-state index contributed by atoms with van der Waals surface area (Å²) >= 11 is 11.9. The van der Waals surface area contributed by atoms with Gasteiger partial charge in [-0.15, -0.1) is 0 Å². The Balaban J connectivity index is 1.74. The molecule has 1 aliphatic heterocycles. The molecule has 3 rings (SSSR count). The van der Waals surface area contributed by atoms with Gasteiger partial charge in [0.2, 0.25) is 0 Å². The molecule has 1 heterocycles. The van der Waals surface area contributed by atoms with Crippen LogP contribution in [0, 0.1) is 10.8 Å². The third kappa shape index (κ3) is 3.07. The van der Waals surface area contributed by atoms with Crippen LogP contribution in [-0.4, -0.2) is 23.5 Å². The Labute approximate surface area is 142 Å². The highest BCUT2D eigenvalue weighted by atomic mass is 35.5. The highest BCUT2D eigenvalue weighted by molar-refractivity contribution is 6.42.